The van der Waals surface area contributed by atoms with Gasteiger partial charge >= 0.3 is 0 Å². The van der Waals surface area contributed by atoms with Crippen molar-refractivity contribution in [1.29, 1.82) is 0 Å². The summed E-state index contributed by atoms with van der Waals surface area (Å²) in [6.07, 6.45) is 0. The summed E-state index contributed by atoms with van der Waals surface area (Å²) >= 11 is 1.61. The van der Waals surface area contributed by atoms with Gasteiger partial charge in [-0.3, -0.25) is 9.58 Å². The van der Waals surface area contributed by atoms with Crippen LogP contribution in [0.2, 0.25) is 0 Å². The molecule has 0 N–H and O–H groups in total. The Hall–Kier alpha value is -1.99. The highest BCUT2D eigenvalue weighted by atomic mass is 32.1. The van der Waals surface area contributed by atoms with Crippen LogP contribution in [0.15, 0.2) is 28.0 Å². The van der Waals surface area contributed by atoms with Crippen molar-refractivity contribution in [1.82, 2.24) is 24.9 Å². The Balaban J connectivity index is 1.43. The Morgan fingerprint density at radius 2 is 2.13 bits per heavy atom. The van der Waals surface area contributed by atoms with Gasteiger partial charge in [-0.2, -0.15) is 5.10 Å². The van der Waals surface area contributed by atoms with Crippen molar-refractivity contribution in [2.45, 2.75) is 32.9 Å². The second kappa shape index (κ2) is 5.58. The van der Waals surface area contributed by atoms with Crippen molar-refractivity contribution in [3.05, 3.63) is 40.9 Å². The van der Waals surface area contributed by atoms with Crippen molar-refractivity contribution in [3.63, 3.8) is 0 Å². The lowest BCUT2D eigenvalue weighted by Gasteiger charge is -2.42. The molecule has 0 saturated carbocycles. The fourth-order valence-electron chi connectivity index (χ4n) is 3.03. The first-order valence-electron chi connectivity index (χ1n) is 7.76. The fourth-order valence-corrected chi connectivity index (χ4v) is 3.68. The molecule has 4 rings (SSSR count). The van der Waals surface area contributed by atoms with Crippen molar-refractivity contribution in [3.8, 4) is 10.8 Å². The molecule has 0 unspecified atom stereocenters. The number of hydrogen-bond donors (Lipinski definition) is 0. The first-order valence-corrected chi connectivity index (χ1v) is 8.64. The molecule has 1 saturated heterocycles. The standard InChI is InChI=1S/C16H19N5OS/c1-10-7-11(2)21(19-10)13-8-20(9-13)12(3)15-17-18-16(22-15)14-5-4-6-23-14/h4-7,12-13H,8-9H2,1-3H3/t12-/m0/s1. The summed E-state index contributed by atoms with van der Waals surface area (Å²) in [5, 5.41) is 15.0. The first kappa shape index (κ1) is 14.6. The van der Waals surface area contributed by atoms with Gasteiger partial charge in [-0.15, -0.1) is 21.5 Å². The Kier molecular flexibility index (Phi) is 3.54. The lowest BCUT2D eigenvalue weighted by Crippen LogP contribution is -2.49. The topological polar surface area (TPSA) is 60.0 Å². The summed E-state index contributed by atoms with van der Waals surface area (Å²) in [5.41, 5.74) is 2.30. The molecule has 0 amide bonds. The van der Waals surface area contributed by atoms with Gasteiger partial charge in [0.2, 0.25) is 5.89 Å². The van der Waals surface area contributed by atoms with Crippen LogP contribution < -0.4 is 0 Å². The molecule has 0 spiro atoms. The van der Waals surface area contributed by atoms with E-state index in [1.54, 1.807) is 11.3 Å². The average molecular weight is 329 g/mol. The summed E-state index contributed by atoms with van der Waals surface area (Å²) in [5.74, 6) is 1.29. The molecule has 6 nitrogen and oxygen atoms in total. The van der Waals surface area contributed by atoms with Crippen LogP contribution in [-0.4, -0.2) is 38.0 Å². The van der Waals surface area contributed by atoms with Gasteiger partial charge < -0.3 is 4.42 Å². The second-order valence-corrected chi connectivity index (χ2v) is 7.03. The molecule has 23 heavy (non-hydrogen) atoms. The molecule has 1 atom stereocenters. The van der Waals surface area contributed by atoms with Crippen LogP contribution in [0.5, 0.6) is 0 Å². The third-order valence-electron chi connectivity index (χ3n) is 4.36. The van der Waals surface area contributed by atoms with E-state index in [1.165, 1.54) is 5.69 Å². The molecule has 0 radical (unpaired) electrons. The van der Waals surface area contributed by atoms with Crippen LogP contribution in [-0.2, 0) is 0 Å². The minimum absolute atomic E-state index is 0.129. The van der Waals surface area contributed by atoms with E-state index < -0.39 is 0 Å². The van der Waals surface area contributed by atoms with Gasteiger partial charge in [0, 0.05) is 18.8 Å². The first-order chi connectivity index (χ1) is 11.1. The third-order valence-corrected chi connectivity index (χ3v) is 5.22. The second-order valence-electron chi connectivity index (χ2n) is 6.08. The fraction of sp³-hybridized carbons (Fsp3) is 0.438. The van der Waals surface area contributed by atoms with Crippen LogP contribution in [0.3, 0.4) is 0 Å². The van der Waals surface area contributed by atoms with Gasteiger partial charge in [0.1, 0.15) is 0 Å². The van der Waals surface area contributed by atoms with Crippen LogP contribution in [0, 0.1) is 13.8 Å². The molecule has 1 fully saturated rings. The molecule has 0 aromatic carbocycles. The molecule has 0 bridgehead atoms. The van der Waals surface area contributed by atoms with Gasteiger partial charge in [-0.05, 0) is 38.3 Å². The molecule has 0 aliphatic carbocycles. The predicted octanol–water partition coefficient (Wildman–Crippen LogP) is 3.23. The summed E-state index contributed by atoms with van der Waals surface area (Å²) in [6, 6.07) is 6.67. The maximum atomic E-state index is 5.84. The summed E-state index contributed by atoms with van der Waals surface area (Å²) in [6.45, 7) is 8.17. The van der Waals surface area contributed by atoms with Gasteiger partial charge in [0.15, 0.2) is 0 Å². The van der Waals surface area contributed by atoms with Crippen LogP contribution in [0.4, 0.5) is 0 Å². The van der Waals surface area contributed by atoms with Crippen LogP contribution >= 0.6 is 11.3 Å². The highest BCUT2D eigenvalue weighted by molar-refractivity contribution is 7.13. The predicted molar refractivity (Wildman–Crippen MR) is 88.3 cm³/mol. The number of aromatic nitrogens is 4. The summed E-state index contributed by atoms with van der Waals surface area (Å²) in [7, 11) is 0. The van der Waals surface area contributed by atoms with Gasteiger partial charge in [-0.25, -0.2) is 0 Å². The van der Waals surface area contributed by atoms with Crippen LogP contribution in [0.1, 0.15) is 36.3 Å². The third kappa shape index (κ3) is 2.60. The lowest BCUT2D eigenvalue weighted by atomic mass is 10.1. The number of thiophene rings is 1. The van der Waals surface area contributed by atoms with Gasteiger partial charge in [-0.1, -0.05) is 6.07 Å². The van der Waals surface area contributed by atoms with E-state index in [1.807, 2.05) is 24.4 Å². The van der Waals surface area contributed by atoms with Gasteiger partial charge in [0.25, 0.3) is 5.89 Å². The zero-order valence-corrected chi connectivity index (χ0v) is 14.2. The number of rotatable bonds is 4. The van der Waals surface area contributed by atoms with Crippen molar-refractivity contribution < 1.29 is 4.42 Å². The highest BCUT2D eigenvalue weighted by Gasteiger charge is 2.35. The number of aryl methyl sites for hydroxylation is 2. The zero-order chi connectivity index (χ0) is 16.0. The molecular formula is C16H19N5OS. The minimum Gasteiger partial charge on any atom is -0.418 e. The Bertz CT molecular complexity index is 800. The molecule has 7 heteroatoms. The molecule has 3 aromatic rings. The van der Waals surface area contributed by atoms with E-state index in [2.05, 4.69) is 44.8 Å². The highest BCUT2D eigenvalue weighted by Crippen LogP contribution is 2.32. The van der Waals surface area contributed by atoms with Crippen molar-refractivity contribution in [2.75, 3.05) is 13.1 Å². The Morgan fingerprint density at radius 3 is 2.78 bits per heavy atom. The number of hydrogen-bond acceptors (Lipinski definition) is 6. The number of nitrogens with zero attached hydrogens (tertiary/aromatic N) is 5. The molecule has 1 aliphatic rings. The zero-order valence-electron chi connectivity index (χ0n) is 13.4. The van der Waals surface area contributed by atoms with Gasteiger partial charge in [0.05, 0.1) is 22.7 Å². The smallest absolute Gasteiger partial charge is 0.257 e. The maximum absolute atomic E-state index is 5.84. The Morgan fingerprint density at radius 1 is 1.30 bits per heavy atom. The summed E-state index contributed by atoms with van der Waals surface area (Å²) in [4.78, 5) is 3.35. The lowest BCUT2D eigenvalue weighted by molar-refractivity contribution is 0.0473. The van der Waals surface area contributed by atoms with Crippen molar-refractivity contribution >= 4 is 11.3 Å². The monoisotopic (exact) mass is 329 g/mol. The van der Waals surface area contributed by atoms with E-state index in [4.69, 9.17) is 4.42 Å². The average Bonchev–Trinajstić information content (AvgIpc) is 3.18. The largest absolute Gasteiger partial charge is 0.418 e. The summed E-state index contributed by atoms with van der Waals surface area (Å²) < 4.78 is 7.97. The van der Waals surface area contributed by atoms with E-state index in [0.717, 1.165) is 23.7 Å². The van der Waals surface area contributed by atoms with E-state index in [9.17, 15) is 0 Å². The molecular weight excluding hydrogens is 310 g/mol. The SMILES string of the molecule is Cc1cc(C)n(C2CN([C@@H](C)c3nnc(-c4cccs4)o3)C2)n1. The molecule has 120 valence electrons. The maximum Gasteiger partial charge on any atom is 0.257 e. The Labute approximate surface area is 138 Å². The van der Waals surface area contributed by atoms with Crippen LogP contribution in [0.25, 0.3) is 10.8 Å². The van der Waals surface area contributed by atoms with E-state index in [-0.39, 0.29) is 6.04 Å². The number of likely N-dealkylation sites (tertiary alicyclic amines) is 1. The minimum atomic E-state index is 0.129. The normalized spacial score (nSPS) is 17.3. The van der Waals surface area contributed by atoms with E-state index in [0.29, 0.717) is 17.8 Å². The van der Waals surface area contributed by atoms with Crippen molar-refractivity contribution in [2.24, 2.45) is 0 Å². The molecule has 4 heterocycles. The van der Waals surface area contributed by atoms with E-state index >= 15 is 0 Å². The molecule has 3 aromatic heterocycles. The molecule has 1 aliphatic heterocycles. The quantitative estimate of drug-likeness (QED) is 0.735.